The zero-order chi connectivity index (χ0) is 10.2. The van der Waals surface area contributed by atoms with Crippen LogP contribution in [0.3, 0.4) is 0 Å². The largest absolute Gasteiger partial charge is 2.00 e. The Balaban J connectivity index is -0.000000720. The van der Waals surface area contributed by atoms with Crippen molar-refractivity contribution in [1.29, 1.82) is 0 Å². The molecular formula is C8H18ClMgO4P. The molecule has 0 aromatic rings. The van der Waals surface area contributed by atoms with E-state index < -0.39 is 7.82 Å². The van der Waals surface area contributed by atoms with Gasteiger partial charge in [0.05, 0.1) is 13.2 Å². The number of hydrogen-bond acceptors (Lipinski definition) is 4. The van der Waals surface area contributed by atoms with Crippen molar-refractivity contribution in [3.05, 3.63) is 0 Å². The zero-order valence-electron chi connectivity index (χ0n) is 9.41. The van der Waals surface area contributed by atoms with Gasteiger partial charge in [0.15, 0.2) is 0 Å². The molecule has 0 spiro atoms. The molecule has 0 heterocycles. The Bertz CT molecular complexity index is 157. The van der Waals surface area contributed by atoms with E-state index in [4.69, 9.17) is 0 Å². The summed E-state index contributed by atoms with van der Waals surface area (Å²) in [6.07, 6.45) is 3.30. The monoisotopic (exact) mass is 268 g/mol. The predicted molar refractivity (Wildman–Crippen MR) is 55.1 cm³/mol. The minimum absolute atomic E-state index is 0. The van der Waals surface area contributed by atoms with Crippen LogP contribution < -0.4 is 17.3 Å². The molecule has 0 atom stereocenters. The Morgan fingerprint density at radius 2 is 1.40 bits per heavy atom. The summed E-state index contributed by atoms with van der Waals surface area (Å²) < 4.78 is 20.2. The molecule has 15 heavy (non-hydrogen) atoms. The van der Waals surface area contributed by atoms with Crippen LogP contribution in [-0.2, 0) is 13.6 Å². The van der Waals surface area contributed by atoms with Crippen LogP contribution in [0.4, 0.5) is 0 Å². The molecule has 0 radical (unpaired) electrons. The maximum atomic E-state index is 11.0. The van der Waals surface area contributed by atoms with E-state index in [0.29, 0.717) is 0 Å². The second-order valence-electron chi connectivity index (χ2n) is 2.82. The van der Waals surface area contributed by atoms with Gasteiger partial charge >= 0.3 is 23.1 Å². The van der Waals surface area contributed by atoms with Crippen molar-refractivity contribution in [1.82, 2.24) is 0 Å². The van der Waals surface area contributed by atoms with E-state index in [1.807, 2.05) is 13.8 Å². The maximum absolute atomic E-state index is 11.0. The molecule has 0 bridgehead atoms. The molecule has 0 saturated heterocycles. The molecule has 0 aliphatic carbocycles. The summed E-state index contributed by atoms with van der Waals surface area (Å²) in [5.41, 5.74) is 0. The third-order valence-corrected chi connectivity index (χ3v) is 2.49. The molecule has 0 amide bonds. The summed E-state index contributed by atoms with van der Waals surface area (Å²) in [5, 5.41) is 0. The molecule has 0 N–H and O–H groups in total. The first-order valence-corrected chi connectivity index (χ1v) is 6.18. The normalized spacial score (nSPS) is 10.3. The number of phosphoric ester groups is 1. The molecule has 0 aromatic carbocycles. The second-order valence-corrected chi connectivity index (χ2v) is 4.23. The van der Waals surface area contributed by atoms with E-state index >= 15 is 0 Å². The predicted octanol–water partition coefficient (Wildman–Crippen LogP) is -1.29. The van der Waals surface area contributed by atoms with E-state index in [1.54, 1.807) is 0 Å². The molecule has 0 fully saturated rings. The van der Waals surface area contributed by atoms with Gasteiger partial charge in [0, 0.05) is 0 Å². The van der Waals surface area contributed by atoms with Crippen molar-refractivity contribution in [2.45, 2.75) is 39.5 Å². The van der Waals surface area contributed by atoms with Crippen molar-refractivity contribution in [3.63, 3.8) is 0 Å². The molecule has 0 aliphatic heterocycles. The Morgan fingerprint density at radius 3 is 1.67 bits per heavy atom. The van der Waals surface area contributed by atoms with E-state index in [0.717, 1.165) is 25.7 Å². The smallest absolute Gasteiger partial charge is 1.00 e. The van der Waals surface area contributed by atoms with Gasteiger partial charge in [-0.2, -0.15) is 0 Å². The summed E-state index contributed by atoms with van der Waals surface area (Å²) in [7, 11) is -4.00. The van der Waals surface area contributed by atoms with Gasteiger partial charge in [-0.25, -0.2) is 0 Å². The summed E-state index contributed by atoms with van der Waals surface area (Å²) >= 11 is 0. The van der Waals surface area contributed by atoms with Crippen LogP contribution in [0.25, 0.3) is 0 Å². The summed E-state index contributed by atoms with van der Waals surface area (Å²) in [4.78, 5) is 11.0. The standard InChI is InChI=1S/C8H19O4P.ClH.Mg/c1-3-5-7-11-13(9,10)12-8-6-4-2;;/h3-8H2,1-2H3,(H,9,10);1H;/q;;+2/p-2. The first-order chi connectivity index (χ1) is 6.12. The number of rotatable bonds is 8. The second kappa shape index (κ2) is 13.2. The van der Waals surface area contributed by atoms with Crippen molar-refractivity contribution < 1.29 is 30.9 Å². The number of hydrogen-bond donors (Lipinski definition) is 0. The summed E-state index contributed by atoms with van der Waals surface area (Å²) in [6.45, 7) is 4.39. The van der Waals surface area contributed by atoms with Crippen LogP contribution in [-0.4, -0.2) is 36.3 Å². The Kier molecular flexibility index (Phi) is 18.9. The molecule has 0 aliphatic rings. The van der Waals surface area contributed by atoms with Crippen LogP contribution in [0, 0.1) is 0 Å². The molecule has 88 valence electrons. The summed E-state index contributed by atoms with van der Waals surface area (Å²) in [5.74, 6) is 0. The van der Waals surface area contributed by atoms with Crippen molar-refractivity contribution in [2.75, 3.05) is 13.2 Å². The van der Waals surface area contributed by atoms with Crippen molar-refractivity contribution in [2.24, 2.45) is 0 Å². The minimum Gasteiger partial charge on any atom is -1.00 e. The number of halogens is 1. The topological polar surface area (TPSA) is 58.6 Å². The molecule has 0 aromatic heterocycles. The number of unbranched alkanes of at least 4 members (excludes halogenated alkanes) is 2. The average molecular weight is 269 g/mol. The van der Waals surface area contributed by atoms with E-state index in [9.17, 15) is 9.46 Å². The first-order valence-electron chi connectivity index (χ1n) is 4.72. The van der Waals surface area contributed by atoms with Crippen molar-refractivity contribution in [3.8, 4) is 0 Å². The molecular weight excluding hydrogens is 251 g/mol. The number of phosphoric acid groups is 1. The Hall–Kier alpha value is 1.17. The third kappa shape index (κ3) is 15.2. The van der Waals surface area contributed by atoms with Gasteiger partial charge < -0.3 is 26.3 Å². The van der Waals surface area contributed by atoms with Gasteiger partial charge in [-0.3, -0.25) is 4.57 Å². The van der Waals surface area contributed by atoms with E-state index in [2.05, 4.69) is 9.05 Å². The van der Waals surface area contributed by atoms with Crippen LogP contribution in [0.1, 0.15) is 39.5 Å². The third-order valence-electron chi connectivity index (χ3n) is 1.49. The van der Waals surface area contributed by atoms with Crippen molar-refractivity contribution >= 4 is 30.9 Å². The molecule has 0 saturated carbocycles. The molecule has 7 heteroatoms. The Labute approximate surface area is 114 Å². The van der Waals surface area contributed by atoms with Crippen LogP contribution >= 0.6 is 7.82 Å². The SMILES string of the molecule is CCCCOP(=O)([O-])OCCCC.[Cl-].[Mg+2]. The van der Waals surface area contributed by atoms with Crippen LogP contribution in [0.2, 0.25) is 0 Å². The fraction of sp³-hybridized carbons (Fsp3) is 1.00. The van der Waals surface area contributed by atoms with Gasteiger partial charge in [0.25, 0.3) is 7.82 Å². The van der Waals surface area contributed by atoms with Gasteiger partial charge in [-0.1, -0.05) is 26.7 Å². The van der Waals surface area contributed by atoms with E-state index in [1.165, 1.54) is 0 Å². The maximum Gasteiger partial charge on any atom is 2.00 e. The van der Waals surface area contributed by atoms with Gasteiger partial charge in [-0.05, 0) is 12.8 Å². The zero-order valence-corrected chi connectivity index (χ0v) is 12.5. The fourth-order valence-electron chi connectivity index (χ4n) is 0.679. The van der Waals surface area contributed by atoms with Gasteiger partial charge in [0.2, 0.25) is 0 Å². The van der Waals surface area contributed by atoms with Crippen LogP contribution in [0.15, 0.2) is 0 Å². The average Bonchev–Trinajstić information content (AvgIpc) is 2.05. The van der Waals surface area contributed by atoms with Crippen LogP contribution in [0.5, 0.6) is 0 Å². The molecule has 4 nitrogen and oxygen atoms in total. The van der Waals surface area contributed by atoms with Gasteiger partial charge in [0.1, 0.15) is 0 Å². The summed E-state index contributed by atoms with van der Waals surface area (Å²) in [6, 6.07) is 0. The van der Waals surface area contributed by atoms with E-state index in [-0.39, 0.29) is 48.7 Å². The first kappa shape index (κ1) is 21.5. The Morgan fingerprint density at radius 1 is 1.07 bits per heavy atom. The molecule has 0 unspecified atom stereocenters. The minimum atomic E-state index is -4.00. The molecule has 0 rings (SSSR count). The quantitative estimate of drug-likeness (QED) is 0.312. The van der Waals surface area contributed by atoms with Gasteiger partial charge in [-0.15, -0.1) is 0 Å². The fourth-order valence-corrected chi connectivity index (χ4v) is 1.46.